The average molecular weight is 326 g/mol. The molecule has 1 aliphatic heterocycles. The third kappa shape index (κ3) is 2.35. The first-order valence-corrected chi connectivity index (χ1v) is 8.17. The Balaban J connectivity index is 2.08. The van der Waals surface area contributed by atoms with Crippen LogP contribution in [-0.4, -0.2) is 23.9 Å². The second-order valence-electron chi connectivity index (χ2n) is 3.87. The Bertz CT molecular complexity index is 837. The lowest BCUT2D eigenvalue weighted by atomic mass is 10.3. The van der Waals surface area contributed by atoms with E-state index in [1.165, 1.54) is 42.2 Å². The summed E-state index contributed by atoms with van der Waals surface area (Å²) in [4.78, 5) is 8.13. The highest BCUT2D eigenvalue weighted by atomic mass is 35.5. The van der Waals surface area contributed by atoms with Crippen LogP contribution in [0.25, 0.3) is 10.2 Å². The largest absolute Gasteiger partial charge is 0.267 e. The van der Waals surface area contributed by atoms with Crippen LogP contribution in [0.4, 0.5) is 0 Å². The van der Waals surface area contributed by atoms with Gasteiger partial charge in [0, 0.05) is 24.8 Å². The monoisotopic (exact) mass is 325 g/mol. The average Bonchev–Trinajstić information content (AvgIpc) is 2.63. The molecule has 5 nitrogen and oxygen atoms in total. The summed E-state index contributed by atoms with van der Waals surface area (Å²) >= 11 is 7.07. The minimum absolute atomic E-state index is 0.182. The van der Waals surface area contributed by atoms with Crippen molar-refractivity contribution in [2.24, 2.45) is 4.99 Å². The highest BCUT2D eigenvalue weighted by Crippen LogP contribution is 2.29. The van der Waals surface area contributed by atoms with Crippen molar-refractivity contribution < 1.29 is 8.42 Å². The molecule has 0 spiro atoms. The maximum Gasteiger partial charge on any atom is 0.267 e. The summed E-state index contributed by atoms with van der Waals surface area (Å²) in [6.45, 7) is 0. The van der Waals surface area contributed by atoms with Gasteiger partial charge in [-0.3, -0.25) is 4.99 Å². The van der Waals surface area contributed by atoms with Gasteiger partial charge in [0.1, 0.15) is 0 Å². The standard InChI is InChI=1S/C12H8ClN3O2S2/c13-12-15-10-3-2-9(8-11(10)19-12)20(17,18)16-6-1-4-14-5-7-16/h1-8H. The van der Waals surface area contributed by atoms with Gasteiger partial charge < -0.3 is 0 Å². The molecule has 1 aromatic carbocycles. The van der Waals surface area contributed by atoms with Gasteiger partial charge in [0.05, 0.1) is 15.1 Å². The number of hydrogen-bond donors (Lipinski definition) is 0. The third-order valence-electron chi connectivity index (χ3n) is 2.61. The van der Waals surface area contributed by atoms with E-state index in [-0.39, 0.29) is 4.90 Å². The van der Waals surface area contributed by atoms with E-state index in [2.05, 4.69) is 9.98 Å². The minimum atomic E-state index is -3.65. The number of nitrogens with zero attached hydrogens (tertiary/aromatic N) is 3. The molecule has 0 N–H and O–H groups in total. The normalized spacial score (nSPS) is 14.9. The molecular formula is C12H8ClN3O2S2. The summed E-state index contributed by atoms with van der Waals surface area (Å²) < 4.78 is 27.3. The van der Waals surface area contributed by atoms with Crippen LogP contribution >= 0.6 is 22.9 Å². The first-order chi connectivity index (χ1) is 9.57. The fraction of sp³-hybridized carbons (Fsp3) is 0. The Kier molecular flexibility index (Phi) is 3.33. The molecule has 0 saturated heterocycles. The number of fused-ring (bicyclic) bond motifs is 1. The number of thiazole rings is 1. The van der Waals surface area contributed by atoms with E-state index in [0.29, 0.717) is 9.98 Å². The lowest BCUT2D eigenvalue weighted by Crippen LogP contribution is -2.20. The molecule has 0 amide bonds. The molecule has 102 valence electrons. The summed E-state index contributed by atoms with van der Waals surface area (Å²) in [5, 5.41) is 0. The molecule has 3 rings (SSSR count). The van der Waals surface area contributed by atoms with Crippen molar-refractivity contribution in [2.45, 2.75) is 4.90 Å². The Morgan fingerprint density at radius 3 is 2.95 bits per heavy atom. The zero-order valence-corrected chi connectivity index (χ0v) is 12.4. The van der Waals surface area contributed by atoms with Crippen LogP contribution in [0.15, 0.2) is 52.8 Å². The van der Waals surface area contributed by atoms with Gasteiger partial charge in [0.15, 0.2) is 4.47 Å². The van der Waals surface area contributed by atoms with Gasteiger partial charge in [-0.05, 0) is 24.3 Å². The predicted octanol–water partition coefficient (Wildman–Crippen LogP) is 3.01. The first kappa shape index (κ1) is 13.3. The molecule has 0 fully saturated rings. The van der Waals surface area contributed by atoms with Crippen LogP contribution in [0.1, 0.15) is 0 Å². The number of aromatic nitrogens is 1. The molecule has 0 radical (unpaired) electrons. The Hall–Kier alpha value is -1.70. The highest BCUT2D eigenvalue weighted by molar-refractivity contribution is 7.89. The number of hydrogen-bond acceptors (Lipinski definition) is 5. The highest BCUT2D eigenvalue weighted by Gasteiger charge is 2.21. The summed E-state index contributed by atoms with van der Waals surface area (Å²) in [5.74, 6) is 0. The molecule has 1 aliphatic rings. The molecule has 2 aromatic rings. The third-order valence-corrected chi connectivity index (χ3v) is 5.38. The van der Waals surface area contributed by atoms with Crippen molar-refractivity contribution in [1.82, 2.24) is 9.29 Å². The topological polar surface area (TPSA) is 62.6 Å². The molecular weight excluding hydrogens is 318 g/mol. The number of aliphatic imine (C=N–C) groups is 1. The molecule has 0 atom stereocenters. The fourth-order valence-corrected chi connectivity index (χ4v) is 4.04. The van der Waals surface area contributed by atoms with Gasteiger partial charge in [-0.2, -0.15) is 0 Å². The molecule has 1 aromatic heterocycles. The second-order valence-corrected chi connectivity index (χ2v) is 7.33. The van der Waals surface area contributed by atoms with Crippen LogP contribution in [-0.2, 0) is 10.0 Å². The summed E-state index contributed by atoms with van der Waals surface area (Å²) in [6.07, 6.45) is 7.31. The predicted molar refractivity (Wildman–Crippen MR) is 80.4 cm³/mol. The van der Waals surface area contributed by atoms with E-state index in [4.69, 9.17) is 11.6 Å². The lowest BCUT2D eigenvalue weighted by molar-refractivity contribution is 0.553. The maximum atomic E-state index is 12.5. The SMILES string of the molecule is O=S(=O)(c1ccc2nc(Cl)sc2c1)N1C=CC=NC=C1. The zero-order chi connectivity index (χ0) is 14.2. The van der Waals surface area contributed by atoms with E-state index >= 15 is 0 Å². The summed E-state index contributed by atoms with van der Waals surface area (Å²) in [5.41, 5.74) is 0.684. The molecule has 0 unspecified atom stereocenters. The van der Waals surface area contributed by atoms with Crippen molar-refractivity contribution >= 4 is 49.4 Å². The van der Waals surface area contributed by atoms with Gasteiger partial charge in [0.25, 0.3) is 10.0 Å². The quantitative estimate of drug-likeness (QED) is 0.852. The number of halogens is 1. The van der Waals surface area contributed by atoms with Crippen LogP contribution < -0.4 is 0 Å². The van der Waals surface area contributed by atoms with E-state index in [1.807, 2.05) is 0 Å². The first-order valence-electron chi connectivity index (χ1n) is 5.54. The van der Waals surface area contributed by atoms with Crippen molar-refractivity contribution in [3.05, 3.63) is 47.3 Å². The van der Waals surface area contributed by atoms with Gasteiger partial charge in [0.2, 0.25) is 0 Å². The van der Waals surface area contributed by atoms with Crippen LogP contribution in [0, 0.1) is 0 Å². The van der Waals surface area contributed by atoms with Gasteiger partial charge in [-0.25, -0.2) is 17.7 Å². The summed E-state index contributed by atoms with van der Waals surface area (Å²) in [6, 6.07) is 4.73. The number of allylic oxidation sites excluding steroid dienone is 1. The van der Waals surface area contributed by atoms with Gasteiger partial charge >= 0.3 is 0 Å². The van der Waals surface area contributed by atoms with Gasteiger partial charge in [-0.1, -0.05) is 11.6 Å². The van der Waals surface area contributed by atoms with Crippen LogP contribution in [0.3, 0.4) is 0 Å². The van der Waals surface area contributed by atoms with E-state index in [0.717, 1.165) is 9.01 Å². The van der Waals surface area contributed by atoms with E-state index < -0.39 is 10.0 Å². The van der Waals surface area contributed by atoms with Crippen LogP contribution in [0.2, 0.25) is 4.47 Å². The maximum absolute atomic E-state index is 12.5. The van der Waals surface area contributed by atoms with Crippen molar-refractivity contribution in [2.75, 3.05) is 0 Å². The molecule has 20 heavy (non-hydrogen) atoms. The Morgan fingerprint density at radius 1 is 1.25 bits per heavy atom. The Labute approximate surface area is 124 Å². The number of benzene rings is 1. The molecule has 0 aliphatic carbocycles. The fourth-order valence-electron chi connectivity index (χ4n) is 1.70. The molecule has 2 heterocycles. The van der Waals surface area contributed by atoms with Crippen molar-refractivity contribution in [3.8, 4) is 0 Å². The Morgan fingerprint density at radius 2 is 2.10 bits per heavy atom. The number of sulfonamides is 1. The zero-order valence-electron chi connectivity index (χ0n) is 9.97. The molecule has 8 heteroatoms. The second kappa shape index (κ2) is 5.01. The smallest absolute Gasteiger partial charge is 0.263 e. The molecule has 0 saturated carbocycles. The van der Waals surface area contributed by atoms with Gasteiger partial charge in [-0.15, -0.1) is 11.3 Å². The van der Waals surface area contributed by atoms with Crippen molar-refractivity contribution in [1.29, 1.82) is 0 Å². The van der Waals surface area contributed by atoms with E-state index in [9.17, 15) is 8.42 Å². The minimum Gasteiger partial charge on any atom is -0.263 e. The lowest BCUT2D eigenvalue weighted by Gasteiger charge is -2.14. The van der Waals surface area contributed by atoms with Crippen LogP contribution in [0.5, 0.6) is 0 Å². The molecule has 0 bridgehead atoms. The number of rotatable bonds is 2. The summed E-state index contributed by atoms with van der Waals surface area (Å²) in [7, 11) is -3.65. The van der Waals surface area contributed by atoms with E-state index in [1.54, 1.807) is 18.2 Å². The van der Waals surface area contributed by atoms with Crippen molar-refractivity contribution in [3.63, 3.8) is 0 Å².